The largest absolute Gasteiger partial charge is 0.362 e. The molecule has 2 heterocycles. The van der Waals surface area contributed by atoms with Crippen LogP contribution in [0.4, 0.5) is 5.82 Å². The standard InChI is InChI=1S/C7H9N7S/c1-15-7-2-5(9-4-10-7)8-3-6-11-13-14-12-6/h2,4H,3H2,1H3,(H,8,9,10)(H,11,12,13,14). The van der Waals surface area contributed by atoms with Crippen molar-refractivity contribution < 1.29 is 0 Å². The fourth-order valence-corrected chi connectivity index (χ4v) is 1.36. The Morgan fingerprint density at radius 1 is 1.47 bits per heavy atom. The molecule has 15 heavy (non-hydrogen) atoms. The first-order valence-corrected chi connectivity index (χ1v) is 5.43. The van der Waals surface area contributed by atoms with Gasteiger partial charge in [0, 0.05) is 6.07 Å². The fraction of sp³-hybridized carbons (Fsp3) is 0.286. The molecule has 0 aromatic carbocycles. The van der Waals surface area contributed by atoms with Crippen molar-refractivity contribution in [2.75, 3.05) is 11.6 Å². The molecule has 2 N–H and O–H groups in total. The average Bonchev–Trinajstić information content (AvgIpc) is 2.79. The predicted molar refractivity (Wildman–Crippen MR) is 55.3 cm³/mol. The minimum Gasteiger partial charge on any atom is -0.362 e. The smallest absolute Gasteiger partial charge is 0.193 e. The van der Waals surface area contributed by atoms with Crippen LogP contribution in [0.25, 0.3) is 0 Å². The van der Waals surface area contributed by atoms with E-state index >= 15 is 0 Å². The third kappa shape index (κ3) is 2.62. The Morgan fingerprint density at radius 3 is 3.13 bits per heavy atom. The summed E-state index contributed by atoms with van der Waals surface area (Å²) in [5.74, 6) is 1.35. The molecule has 0 radical (unpaired) electrons. The lowest BCUT2D eigenvalue weighted by Crippen LogP contribution is -2.03. The third-order valence-electron chi connectivity index (χ3n) is 1.67. The van der Waals surface area contributed by atoms with Crippen LogP contribution >= 0.6 is 11.8 Å². The van der Waals surface area contributed by atoms with E-state index in [1.54, 1.807) is 11.8 Å². The van der Waals surface area contributed by atoms with Crippen molar-refractivity contribution in [1.29, 1.82) is 0 Å². The summed E-state index contributed by atoms with van der Waals surface area (Å²) in [4.78, 5) is 8.13. The van der Waals surface area contributed by atoms with E-state index in [-0.39, 0.29) is 0 Å². The van der Waals surface area contributed by atoms with Crippen LogP contribution in [0, 0.1) is 0 Å². The number of aromatic nitrogens is 6. The Kier molecular flexibility index (Phi) is 3.08. The van der Waals surface area contributed by atoms with Crippen LogP contribution in [0.1, 0.15) is 5.82 Å². The Bertz CT molecular complexity index is 415. The molecular weight excluding hydrogens is 214 g/mol. The minimum absolute atomic E-state index is 0.487. The highest BCUT2D eigenvalue weighted by molar-refractivity contribution is 7.98. The molecule has 0 amide bonds. The molecular formula is C7H9N7S. The highest BCUT2D eigenvalue weighted by Gasteiger charge is 2.00. The van der Waals surface area contributed by atoms with Crippen LogP contribution in [0.15, 0.2) is 17.4 Å². The van der Waals surface area contributed by atoms with E-state index in [4.69, 9.17) is 0 Å². The summed E-state index contributed by atoms with van der Waals surface area (Å²) in [7, 11) is 0. The van der Waals surface area contributed by atoms with Gasteiger partial charge >= 0.3 is 0 Å². The molecule has 0 fully saturated rings. The maximum absolute atomic E-state index is 4.07. The zero-order valence-corrected chi connectivity index (χ0v) is 8.82. The quantitative estimate of drug-likeness (QED) is 0.569. The van der Waals surface area contributed by atoms with Crippen LogP contribution in [0.5, 0.6) is 0 Å². The molecule has 0 aliphatic rings. The Hall–Kier alpha value is -1.70. The zero-order chi connectivity index (χ0) is 10.5. The summed E-state index contributed by atoms with van der Waals surface area (Å²) in [6.45, 7) is 0.487. The van der Waals surface area contributed by atoms with Gasteiger partial charge in [-0.15, -0.1) is 22.0 Å². The van der Waals surface area contributed by atoms with Crippen LogP contribution in [0.3, 0.4) is 0 Å². The fourth-order valence-electron chi connectivity index (χ4n) is 0.975. The van der Waals surface area contributed by atoms with Gasteiger partial charge in [-0.25, -0.2) is 9.97 Å². The van der Waals surface area contributed by atoms with E-state index < -0.39 is 0 Å². The molecule has 0 unspecified atom stereocenters. The van der Waals surface area contributed by atoms with Gasteiger partial charge < -0.3 is 5.32 Å². The van der Waals surface area contributed by atoms with E-state index in [1.165, 1.54) is 6.33 Å². The van der Waals surface area contributed by atoms with Crippen molar-refractivity contribution in [3.05, 3.63) is 18.2 Å². The SMILES string of the molecule is CSc1cc(NCc2nn[nH]n2)ncn1. The van der Waals surface area contributed by atoms with Gasteiger partial charge in [0.1, 0.15) is 17.2 Å². The topological polar surface area (TPSA) is 92.3 Å². The number of aromatic amines is 1. The van der Waals surface area contributed by atoms with E-state index in [1.807, 2.05) is 12.3 Å². The molecule has 7 nitrogen and oxygen atoms in total. The maximum Gasteiger partial charge on any atom is 0.193 e. The van der Waals surface area contributed by atoms with Gasteiger partial charge in [0.25, 0.3) is 0 Å². The molecule has 0 aliphatic carbocycles. The van der Waals surface area contributed by atoms with Gasteiger partial charge in [0.2, 0.25) is 0 Å². The maximum atomic E-state index is 4.07. The summed E-state index contributed by atoms with van der Waals surface area (Å²) in [5.41, 5.74) is 0. The summed E-state index contributed by atoms with van der Waals surface area (Å²) < 4.78 is 0. The predicted octanol–water partition coefficient (Wildman–Crippen LogP) is 0.324. The molecule has 0 spiro atoms. The van der Waals surface area contributed by atoms with Gasteiger partial charge in [0.15, 0.2) is 5.82 Å². The molecule has 78 valence electrons. The lowest BCUT2D eigenvalue weighted by Gasteiger charge is -2.02. The highest BCUT2D eigenvalue weighted by Crippen LogP contribution is 2.13. The number of tetrazole rings is 1. The molecule has 0 bridgehead atoms. The zero-order valence-electron chi connectivity index (χ0n) is 8.01. The molecule has 2 aromatic rings. The van der Waals surface area contributed by atoms with Crippen molar-refractivity contribution in [3.8, 4) is 0 Å². The number of nitrogens with zero attached hydrogens (tertiary/aromatic N) is 5. The van der Waals surface area contributed by atoms with Crippen molar-refractivity contribution in [3.63, 3.8) is 0 Å². The van der Waals surface area contributed by atoms with E-state index in [9.17, 15) is 0 Å². The van der Waals surface area contributed by atoms with Gasteiger partial charge in [-0.2, -0.15) is 5.21 Å². The Morgan fingerprint density at radius 2 is 2.40 bits per heavy atom. The Labute approximate surface area is 90.1 Å². The highest BCUT2D eigenvalue weighted by atomic mass is 32.2. The lowest BCUT2D eigenvalue weighted by molar-refractivity contribution is 0.881. The number of hydrogen-bond donors (Lipinski definition) is 2. The van der Waals surface area contributed by atoms with Crippen LogP contribution in [-0.2, 0) is 6.54 Å². The number of anilines is 1. The van der Waals surface area contributed by atoms with Crippen LogP contribution in [-0.4, -0.2) is 36.8 Å². The first-order valence-electron chi connectivity index (χ1n) is 4.20. The first-order chi connectivity index (χ1) is 7.38. The van der Waals surface area contributed by atoms with Gasteiger partial charge in [-0.3, -0.25) is 0 Å². The lowest BCUT2D eigenvalue weighted by atomic mass is 10.5. The number of hydrogen-bond acceptors (Lipinski definition) is 7. The number of thioether (sulfide) groups is 1. The summed E-state index contributed by atoms with van der Waals surface area (Å²) in [6.07, 6.45) is 3.48. The van der Waals surface area contributed by atoms with Gasteiger partial charge in [-0.05, 0) is 6.26 Å². The van der Waals surface area contributed by atoms with Crippen LogP contribution < -0.4 is 5.32 Å². The summed E-state index contributed by atoms with van der Waals surface area (Å²) >= 11 is 1.57. The summed E-state index contributed by atoms with van der Waals surface area (Å²) in [6, 6.07) is 1.87. The number of rotatable bonds is 4. The first kappa shape index (κ1) is 9.84. The number of nitrogens with one attached hydrogen (secondary N) is 2. The minimum atomic E-state index is 0.487. The molecule has 2 aromatic heterocycles. The second kappa shape index (κ2) is 4.69. The van der Waals surface area contributed by atoms with Crippen molar-refractivity contribution in [2.24, 2.45) is 0 Å². The molecule has 0 saturated carbocycles. The third-order valence-corrected chi connectivity index (χ3v) is 2.31. The van der Waals surface area contributed by atoms with E-state index in [0.29, 0.717) is 12.4 Å². The molecule has 8 heteroatoms. The average molecular weight is 223 g/mol. The van der Waals surface area contributed by atoms with Crippen LogP contribution in [0.2, 0.25) is 0 Å². The normalized spacial score (nSPS) is 10.2. The number of H-pyrrole nitrogens is 1. The van der Waals surface area contributed by atoms with E-state index in [0.717, 1.165) is 10.8 Å². The second-order valence-corrected chi connectivity index (χ2v) is 3.45. The van der Waals surface area contributed by atoms with Gasteiger partial charge in [-0.1, -0.05) is 5.21 Å². The monoisotopic (exact) mass is 223 g/mol. The molecule has 0 saturated heterocycles. The molecule has 0 aliphatic heterocycles. The molecule has 0 atom stereocenters. The summed E-state index contributed by atoms with van der Waals surface area (Å²) in [5, 5.41) is 17.5. The molecule has 2 rings (SSSR count). The van der Waals surface area contributed by atoms with Crippen molar-refractivity contribution >= 4 is 17.6 Å². The van der Waals surface area contributed by atoms with Gasteiger partial charge in [0.05, 0.1) is 6.54 Å². The Balaban J connectivity index is 1.98. The van der Waals surface area contributed by atoms with Crippen molar-refractivity contribution in [1.82, 2.24) is 30.6 Å². The van der Waals surface area contributed by atoms with Crippen molar-refractivity contribution in [2.45, 2.75) is 11.6 Å². The second-order valence-electron chi connectivity index (χ2n) is 2.63. The van der Waals surface area contributed by atoms with E-state index in [2.05, 4.69) is 35.9 Å².